The zero-order valence-corrected chi connectivity index (χ0v) is 15.0. The number of carbonyl (C=O) groups excluding carboxylic acids is 2. The third kappa shape index (κ3) is 4.61. The number of carboxylic acid groups (broad SMARTS) is 1. The minimum Gasteiger partial charge on any atom is -0.478 e. The Morgan fingerprint density at radius 3 is 2.41 bits per heavy atom. The van der Waals surface area contributed by atoms with Crippen LogP contribution in [-0.2, 0) is 19.1 Å². The van der Waals surface area contributed by atoms with Gasteiger partial charge < -0.3 is 9.84 Å². The molecule has 1 aliphatic carbocycles. The van der Waals surface area contributed by atoms with Gasteiger partial charge in [0.1, 0.15) is 0 Å². The molecule has 1 fully saturated rings. The fourth-order valence-electron chi connectivity index (χ4n) is 3.65. The molecule has 0 spiro atoms. The predicted molar refractivity (Wildman–Crippen MR) is 101 cm³/mol. The van der Waals surface area contributed by atoms with E-state index in [1.165, 1.54) is 0 Å². The lowest BCUT2D eigenvalue weighted by Gasteiger charge is -2.26. The molecule has 2 aromatic carbocycles. The van der Waals surface area contributed by atoms with E-state index >= 15 is 0 Å². The van der Waals surface area contributed by atoms with Crippen LogP contribution in [0.5, 0.6) is 0 Å². The maximum Gasteiger partial charge on any atom is 0.332 e. The average molecular weight is 366 g/mol. The first-order chi connectivity index (χ1) is 13.1. The first-order valence-electron chi connectivity index (χ1n) is 9.19. The Morgan fingerprint density at radius 1 is 0.963 bits per heavy atom. The molecule has 5 nitrogen and oxygen atoms in total. The number of esters is 1. The van der Waals surface area contributed by atoms with Crippen molar-refractivity contribution in [3.63, 3.8) is 0 Å². The van der Waals surface area contributed by atoms with Crippen molar-refractivity contribution in [1.29, 1.82) is 0 Å². The molecule has 27 heavy (non-hydrogen) atoms. The van der Waals surface area contributed by atoms with Crippen molar-refractivity contribution in [2.24, 2.45) is 5.92 Å². The van der Waals surface area contributed by atoms with Crippen molar-refractivity contribution in [2.75, 3.05) is 0 Å². The summed E-state index contributed by atoms with van der Waals surface area (Å²) in [6, 6.07) is 13.2. The Kier molecular flexibility index (Phi) is 6.01. The number of ether oxygens (including phenoxy) is 1. The standard InChI is InChI=1S/C22H22O5/c23-19(24)13-14-20(25)27-22(21(26)16-8-2-1-3-9-16)18-12-6-10-15-7-4-5-11-17(15)18/h4-7,10-14,16,22H,1-3,8-9H2,(H,23,24)/b14-13+. The van der Waals surface area contributed by atoms with Gasteiger partial charge in [0.2, 0.25) is 0 Å². The molecule has 1 N–H and O–H groups in total. The summed E-state index contributed by atoms with van der Waals surface area (Å²) in [5.41, 5.74) is 0.640. The Bertz CT molecular complexity index is 872. The van der Waals surface area contributed by atoms with E-state index < -0.39 is 18.0 Å². The van der Waals surface area contributed by atoms with Crippen LogP contribution >= 0.6 is 0 Å². The van der Waals surface area contributed by atoms with Crippen molar-refractivity contribution in [2.45, 2.75) is 38.2 Å². The van der Waals surface area contributed by atoms with Crippen molar-refractivity contribution < 1.29 is 24.2 Å². The highest BCUT2D eigenvalue weighted by molar-refractivity contribution is 5.97. The van der Waals surface area contributed by atoms with Crippen molar-refractivity contribution >= 4 is 28.5 Å². The number of aliphatic carboxylic acids is 1. The smallest absolute Gasteiger partial charge is 0.332 e. The highest BCUT2D eigenvalue weighted by Crippen LogP contribution is 2.34. The summed E-state index contributed by atoms with van der Waals surface area (Å²) in [6.45, 7) is 0. The van der Waals surface area contributed by atoms with Crippen molar-refractivity contribution in [3.8, 4) is 0 Å². The molecular weight excluding hydrogens is 344 g/mol. The molecule has 2 aromatic rings. The van der Waals surface area contributed by atoms with Crippen LogP contribution in [-0.4, -0.2) is 22.8 Å². The predicted octanol–water partition coefficient (Wildman–Crippen LogP) is 4.21. The molecule has 0 heterocycles. The van der Waals surface area contributed by atoms with Gasteiger partial charge in [-0.05, 0) is 23.6 Å². The van der Waals surface area contributed by atoms with Crippen LogP contribution in [0.15, 0.2) is 54.6 Å². The van der Waals surface area contributed by atoms with Crippen LogP contribution in [0.25, 0.3) is 10.8 Å². The number of hydrogen-bond donors (Lipinski definition) is 1. The Morgan fingerprint density at radius 2 is 1.67 bits per heavy atom. The monoisotopic (exact) mass is 366 g/mol. The molecule has 3 rings (SSSR count). The summed E-state index contributed by atoms with van der Waals surface area (Å²) >= 11 is 0. The third-order valence-electron chi connectivity index (χ3n) is 4.97. The van der Waals surface area contributed by atoms with Gasteiger partial charge in [0, 0.05) is 23.6 Å². The van der Waals surface area contributed by atoms with Crippen molar-refractivity contribution in [3.05, 3.63) is 60.2 Å². The van der Waals surface area contributed by atoms with Crippen molar-refractivity contribution in [1.82, 2.24) is 0 Å². The van der Waals surface area contributed by atoms with E-state index in [1.54, 1.807) is 6.07 Å². The summed E-state index contributed by atoms with van der Waals surface area (Å²) < 4.78 is 5.47. The number of Topliss-reactive ketones (excluding diaryl/α,β-unsaturated/α-hetero) is 1. The molecule has 1 unspecified atom stereocenters. The fraction of sp³-hybridized carbons (Fsp3) is 0.318. The number of rotatable bonds is 6. The number of fused-ring (bicyclic) bond motifs is 1. The van der Waals surface area contributed by atoms with Gasteiger partial charge in [0.25, 0.3) is 0 Å². The van der Waals surface area contributed by atoms with E-state index in [1.807, 2.05) is 36.4 Å². The topological polar surface area (TPSA) is 80.7 Å². The van der Waals surface area contributed by atoms with Gasteiger partial charge in [-0.15, -0.1) is 0 Å². The Hall–Kier alpha value is -2.95. The average Bonchev–Trinajstić information content (AvgIpc) is 2.70. The lowest BCUT2D eigenvalue weighted by atomic mass is 9.82. The minimum absolute atomic E-state index is 0.108. The lowest BCUT2D eigenvalue weighted by Crippen LogP contribution is -2.27. The zero-order chi connectivity index (χ0) is 19.2. The Labute approximate surface area is 157 Å². The van der Waals surface area contributed by atoms with E-state index in [4.69, 9.17) is 9.84 Å². The van der Waals surface area contributed by atoms with E-state index in [-0.39, 0.29) is 11.7 Å². The molecule has 0 saturated heterocycles. The quantitative estimate of drug-likeness (QED) is 0.612. The molecule has 0 aromatic heterocycles. The van der Waals surface area contributed by atoms with Crippen LogP contribution < -0.4 is 0 Å². The van der Waals surface area contributed by atoms with Gasteiger partial charge in [-0.1, -0.05) is 61.7 Å². The normalized spacial score (nSPS) is 16.3. The molecule has 0 amide bonds. The van der Waals surface area contributed by atoms with Gasteiger partial charge in [0.05, 0.1) is 0 Å². The van der Waals surface area contributed by atoms with Crippen LogP contribution in [0.1, 0.15) is 43.8 Å². The van der Waals surface area contributed by atoms with Gasteiger partial charge in [0.15, 0.2) is 11.9 Å². The molecule has 0 aliphatic heterocycles. The number of hydrogen-bond acceptors (Lipinski definition) is 4. The van der Waals surface area contributed by atoms with Gasteiger partial charge in [-0.3, -0.25) is 4.79 Å². The molecule has 1 saturated carbocycles. The number of carbonyl (C=O) groups is 3. The van der Waals surface area contributed by atoms with Crippen LogP contribution in [0.3, 0.4) is 0 Å². The molecule has 140 valence electrons. The van der Waals surface area contributed by atoms with Crippen LogP contribution in [0, 0.1) is 5.92 Å². The first kappa shape index (κ1) is 18.8. The second-order valence-electron chi connectivity index (χ2n) is 6.79. The van der Waals surface area contributed by atoms with Gasteiger partial charge >= 0.3 is 11.9 Å². The summed E-state index contributed by atoms with van der Waals surface area (Å²) in [5, 5.41) is 10.5. The van der Waals surface area contributed by atoms with Gasteiger partial charge in [-0.2, -0.15) is 0 Å². The highest BCUT2D eigenvalue weighted by atomic mass is 16.5. The molecular formula is C22H22O5. The Balaban J connectivity index is 1.96. The maximum atomic E-state index is 13.2. The molecule has 1 atom stereocenters. The fourth-order valence-corrected chi connectivity index (χ4v) is 3.65. The van der Waals surface area contributed by atoms with Gasteiger partial charge in [-0.25, -0.2) is 9.59 Å². The summed E-state index contributed by atoms with van der Waals surface area (Å²) in [5.74, 6) is -2.33. The highest BCUT2D eigenvalue weighted by Gasteiger charge is 2.32. The van der Waals surface area contributed by atoms with E-state index in [2.05, 4.69) is 0 Å². The minimum atomic E-state index is -1.24. The molecule has 0 radical (unpaired) electrons. The SMILES string of the molecule is O=C(O)/C=C/C(=O)OC(C(=O)C1CCCCC1)c1cccc2ccccc12. The van der Waals surface area contributed by atoms with E-state index in [0.29, 0.717) is 11.6 Å². The summed E-state index contributed by atoms with van der Waals surface area (Å²) in [6.07, 6.45) is 5.21. The molecule has 5 heteroatoms. The second-order valence-corrected chi connectivity index (χ2v) is 6.79. The van der Waals surface area contributed by atoms with E-state index in [0.717, 1.165) is 49.0 Å². The number of ketones is 1. The third-order valence-corrected chi connectivity index (χ3v) is 4.97. The maximum absolute atomic E-state index is 13.2. The zero-order valence-electron chi connectivity index (χ0n) is 15.0. The number of carboxylic acids is 1. The first-order valence-corrected chi connectivity index (χ1v) is 9.19. The van der Waals surface area contributed by atoms with Crippen LogP contribution in [0.4, 0.5) is 0 Å². The summed E-state index contributed by atoms with van der Waals surface area (Å²) in [7, 11) is 0. The second kappa shape index (κ2) is 8.62. The van der Waals surface area contributed by atoms with E-state index in [9.17, 15) is 14.4 Å². The summed E-state index contributed by atoms with van der Waals surface area (Å²) in [4.78, 5) is 36.0. The number of benzene rings is 2. The van der Waals surface area contributed by atoms with Crippen LogP contribution in [0.2, 0.25) is 0 Å². The largest absolute Gasteiger partial charge is 0.478 e. The lowest BCUT2D eigenvalue weighted by molar-refractivity contribution is -0.153. The molecule has 1 aliphatic rings. The molecule has 0 bridgehead atoms.